The molecule has 3 aromatic heterocycles. The summed E-state index contributed by atoms with van der Waals surface area (Å²) in [6, 6.07) is 14.1. The first-order valence-corrected chi connectivity index (χ1v) is 10.1. The molecule has 0 amide bonds. The number of hydrogen-bond donors (Lipinski definition) is 1. The van der Waals surface area contributed by atoms with E-state index in [-0.39, 0.29) is 0 Å². The first-order valence-electron chi connectivity index (χ1n) is 7.71. The summed E-state index contributed by atoms with van der Waals surface area (Å²) in [6.07, 6.45) is 0. The molecule has 2 nitrogen and oxygen atoms in total. The van der Waals surface area contributed by atoms with Gasteiger partial charge in [0.15, 0.2) is 0 Å². The molecule has 0 fully saturated rings. The molecule has 1 N–H and O–H groups in total. The predicted octanol–water partition coefficient (Wildman–Crippen LogP) is 7.46. The molecule has 6 heteroatoms. The number of rotatable bonds is 3. The van der Waals surface area contributed by atoms with Gasteiger partial charge in [0.2, 0.25) is 0 Å². The van der Waals surface area contributed by atoms with Gasteiger partial charge in [0.25, 0.3) is 0 Å². The fraction of sp³-hybridized carbons (Fsp3) is 0.105. The van der Waals surface area contributed by atoms with Crippen molar-refractivity contribution in [3.8, 4) is 33.9 Å². The molecule has 0 saturated heterocycles. The van der Waals surface area contributed by atoms with Crippen LogP contribution in [0.1, 0.15) is 9.75 Å². The number of benzene rings is 1. The van der Waals surface area contributed by atoms with Gasteiger partial charge >= 0.3 is 0 Å². The number of aryl methyl sites for hydroxylation is 2. The minimum atomic E-state index is 0.766. The first kappa shape index (κ1) is 16.9. The predicted molar refractivity (Wildman–Crippen MR) is 110 cm³/mol. The van der Waals surface area contributed by atoms with Crippen molar-refractivity contribution < 1.29 is 0 Å². The maximum atomic E-state index is 6.24. The Labute approximate surface area is 164 Å². The zero-order valence-corrected chi connectivity index (χ0v) is 16.7. The molecule has 0 aliphatic carbocycles. The summed E-state index contributed by atoms with van der Waals surface area (Å²) in [7, 11) is 0. The second-order valence-electron chi connectivity index (χ2n) is 5.72. The van der Waals surface area contributed by atoms with E-state index in [1.807, 2.05) is 42.5 Å². The molecule has 1 aromatic carbocycles. The van der Waals surface area contributed by atoms with Crippen molar-refractivity contribution in [2.75, 3.05) is 0 Å². The van der Waals surface area contributed by atoms with Crippen molar-refractivity contribution in [1.29, 1.82) is 0 Å². The van der Waals surface area contributed by atoms with Crippen molar-refractivity contribution in [1.82, 2.24) is 9.97 Å². The monoisotopic (exact) mass is 404 g/mol. The quantitative estimate of drug-likeness (QED) is 0.377. The summed E-state index contributed by atoms with van der Waals surface area (Å²) in [5, 5.41) is 0. The Morgan fingerprint density at radius 2 is 1.48 bits per heavy atom. The van der Waals surface area contributed by atoms with Gasteiger partial charge < -0.3 is 4.98 Å². The van der Waals surface area contributed by atoms with Crippen LogP contribution in [0, 0.1) is 13.8 Å². The van der Waals surface area contributed by atoms with Crippen LogP contribution in [0.5, 0.6) is 0 Å². The van der Waals surface area contributed by atoms with Gasteiger partial charge in [0.05, 0.1) is 20.1 Å². The Hall–Kier alpha value is -1.59. The molecule has 25 heavy (non-hydrogen) atoms. The Kier molecular flexibility index (Phi) is 4.46. The number of halogens is 2. The lowest BCUT2D eigenvalue weighted by Gasteiger charge is -2.01. The highest BCUT2D eigenvalue weighted by atomic mass is 35.5. The number of imidazole rings is 1. The van der Waals surface area contributed by atoms with E-state index in [0.29, 0.717) is 0 Å². The highest BCUT2D eigenvalue weighted by Crippen LogP contribution is 2.42. The van der Waals surface area contributed by atoms with Crippen molar-refractivity contribution >= 4 is 45.9 Å². The lowest BCUT2D eigenvalue weighted by Crippen LogP contribution is -1.83. The minimum absolute atomic E-state index is 0.766. The number of hydrogen-bond acceptors (Lipinski definition) is 3. The van der Waals surface area contributed by atoms with Crippen molar-refractivity contribution in [3.05, 3.63) is 60.9 Å². The molecule has 0 saturated carbocycles. The Morgan fingerprint density at radius 1 is 0.880 bits per heavy atom. The zero-order chi connectivity index (χ0) is 17.6. The molecular formula is C19H14Cl2N2S2. The number of H-pyrrole nitrogens is 1. The van der Waals surface area contributed by atoms with Gasteiger partial charge in [-0.05, 0) is 26.0 Å². The zero-order valence-electron chi connectivity index (χ0n) is 13.6. The molecule has 126 valence electrons. The average molecular weight is 405 g/mol. The number of thiophene rings is 2. The highest BCUT2D eigenvalue weighted by molar-refractivity contribution is 7.17. The normalized spacial score (nSPS) is 11.2. The summed E-state index contributed by atoms with van der Waals surface area (Å²) in [5.74, 6) is 0.842. The average Bonchev–Trinajstić information content (AvgIpc) is 3.25. The van der Waals surface area contributed by atoms with Crippen LogP contribution in [-0.4, -0.2) is 9.97 Å². The number of nitrogens with zero attached hydrogens (tertiary/aromatic N) is 1. The first-order chi connectivity index (χ1) is 12.0. The summed E-state index contributed by atoms with van der Waals surface area (Å²) in [6.45, 7) is 4.14. The van der Waals surface area contributed by atoms with Crippen molar-refractivity contribution in [2.24, 2.45) is 0 Å². The van der Waals surface area contributed by atoms with Crippen LogP contribution in [-0.2, 0) is 0 Å². The maximum Gasteiger partial charge on any atom is 0.138 e. The van der Waals surface area contributed by atoms with Crippen LogP contribution in [0.15, 0.2) is 42.5 Å². The van der Waals surface area contributed by atoms with E-state index in [9.17, 15) is 0 Å². The molecule has 0 aliphatic rings. The third-order valence-corrected chi connectivity index (χ3v) is 6.41. The van der Waals surface area contributed by atoms with E-state index in [1.54, 1.807) is 22.7 Å². The Bertz CT molecular complexity index is 981. The lowest BCUT2D eigenvalue weighted by atomic mass is 10.1. The second-order valence-corrected chi connectivity index (χ2v) is 9.49. The molecule has 0 atom stereocenters. The van der Waals surface area contributed by atoms with Crippen LogP contribution in [0.2, 0.25) is 8.67 Å². The van der Waals surface area contributed by atoms with Crippen LogP contribution in [0.4, 0.5) is 0 Å². The van der Waals surface area contributed by atoms with E-state index in [1.165, 1.54) is 0 Å². The van der Waals surface area contributed by atoms with E-state index >= 15 is 0 Å². The fourth-order valence-electron chi connectivity index (χ4n) is 2.87. The van der Waals surface area contributed by atoms with Crippen LogP contribution < -0.4 is 0 Å². The van der Waals surface area contributed by atoms with Gasteiger partial charge in [-0.25, -0.2) is 4.98 Å². The van der Waals surface area contributed by atoms with E-state index in [2.05, 4.69) is 18.8 Å². The number of aromatic nitrogens is 2. The van der Waals surface area contributed by atoms with Gasteiger partial charge in [0.1, 0.15) is 5.82 Å². The highest BCUT2D eigenvalue weighted by Gasteiger charge is 2.20. The minimum Gasteiger partial charge on any atom is -0.337 e. The lowest BCUT2D eigenvalue weighted by molar-refractivity contribution is 1.31. The maximum absolute atomic E-state index is 6.24. The third-order valence-electron chi connectivity index (χ3n) is 4.05. The summed E-state index contributed by atoms with van der Waals surface area (Å²) >= 11 is 15.6. The van der Waals surface area contributed by atoms with Crippen LogP contribution in [0.3, 0.4) is 0 Å². The molecule has 0 bridgehead atoms. The van der Waals surface area contributed by atoms with Gasteiger partial charge in [-0.3, -0.25) is 0 Å². The number of aromatic amines is 1. The molecular weight excluding hydrogens is 391 g/mol. The largest absolute Gasteiger partial charge is 0.337 e. The van der Waals surface area contributed by atoms with Gasteiger partial charge in [-0.2, -0.15) is 0 Å². The smallest absolute Gasteiger partial charge is 0.138 e. The molecule has 4 aromatic rings. The van der Waals surface area contributed by atoms with Gasteiger partial charge in [-0.15, -0.1) is 22.7 Å². The van der Waals surface area contributed by atoms with Crippen LogP contribution >= 0.6 is 45.9 Å². The fourth-order valence-corrected chi connectivity index (χ4v) is 5.26. The van der Waals surface area contributed by atoms with E-state index in [4.69, 9.17) is 28.2 Å². The SMILES string of the molecule is Cc1sc(Cl)cc1-c1nc(-c2ccccc2)[nH]c1-c1cc(Cl)sc1C. The van der Waals surface area contributed by atoms with Crippen molar-refractivity contribution in [2.45, 2.75) is 13.8 Å². The van der Waals surface area contributed by atoms with E-state index < -0.39 is 0 Å². The topological polar surface area (TPSA) is 28.7 Å². The summed E-state index contributed by atoms with van der Waals surface area (Å²) < 4.78 is 1.54. The van der Waals surface area contributed by atoms with Gasteiger partial charge in [-0.1, -0.05) is 53.5 Å². The third kappa shape index (κ3) is 3.15. The van der Waals surface area contributed by atoms with Crippen molar-refractivity contribution in [3.63, 3.8) is 0 Å². The van der Waals surface area contributed by atoms with Crippen LogP contribution in [0.25, 0.3) is 33.9 Å². The summed E-state index contributed by atoms with van der Waals surface area (Å²) in [5.41, 5.74) is 5.09. The molecule has 0 spiro atoms. The molecule has 4 rings (SSSR count). The molecule has 0 radical (unpaired) electrons. The number of nitrogens with one attached hydrogen (secondary N) is 1. The molecule has 3 heterocycles. The summed E-state index contributed by atoms with van der Waals surface area (Å²) in [4.78, 5) is 10.7. The molecule has 0 aliphatic heterocycles. The molecule has 0 unspecified atom stereocenters. The second kappa shape index (κ2) is 6.61. The standard InChI is InChI=1S/C19H14Cl2N2S2/c1-10-13(8-15(20)24-10)17-18(14-9-16(21)25-11(14)2)23-19(22-17)12-6-4-3-5-7-12/h3-9H,1-2H3,(H,22,23). The van der Waals surface area contributed by atoms with E-state index in [0.717, 1.165) is 52.3 Å². The Balaban J connectivity index is 1.96. The van der Waals surface area contributed by atoms with Gasteiger partial charge in [0, 0.05) is 26.4 Å². The Morgan fingerprint density at radius 3 is 2.04 bits per heavy atom.